The lowest BCUT2D eigenvalue weighted by molar-refractivity contribution is 0.0284. The van der Waals surface area contributed by atoms with E-state index in [1.165, 1.54) is 6.42 Å². The summed E-state index contributed by atoms with van der Waals surface area (Å²) in [5, 5.41) is 13.2. The number of aromatic nitrogens is 2. The molecule has 0 spiro atoms. The summed E-state index contributed by atoms with van der Waals surface area (Å²) in [4.78, 5) is 11.2. The number of aliphatic hydroxyl groups excluding tert-OH is 1. The molecule has 21 heavy (non-hydrogen) atoms. The van der Waals surface area contributed by atoms with Crippen LogP contribution in [0.2, 0.25) is 0 Å². The number of likely N-dealkylation sites (N-methyl/N-ethyl adjacent to an activating group) is 1. The minimum absolute atomic E-state index is 0.197. The van der Waals surface area contributed by atoms with Crippen molar-refractivity contribution in [2.45, 2.75) is 44.4 Å². The molecule has 0 saturated heterocycles. The van der Waals surface area contributed by atoms with E-state index >= 15 is 0 Å². The van der Waals surface area contributed by atoms with Gasteiger partial charge in [0.2, 0.25) is 0 Å². The number of hydrogen-bond acceptors (Lipinski definition) is 5. The van der Waals surface area contributed by atoms with E-state index in [9.17, 15) is 5.11 Å². The van der Waals surface area contributed by atoms with Crippen LogP contribution in [-0.2, 0) is 6.54 Å². The maximum Gasteiger partial charge on any atom is 0.142 e. The van der Waals surface area contributed by atoms with Crippen LogP contribution in [0.1, 0.15) is 31.4 Å². The molecule has 2 unspecified atom stereocenters. The predicted molar refractivity (Wildman–Crippen MR) is 85.1 cm³/mol. The summed E-state index contributed by atoms with van der Waals surface area (Å²) in [6, 6.07) is 6.14. The Morgan fingerprint density at radius 2 is 2.19 bits per heavy atom. The van der Waals surface area contributed by atoms with Gasteiger partial charge in [-0.25, -0.2) is 4.98 Å². The minimum atomic E-state index is -0.197. The third kappa shape index (κ3) is 3.48. The zero-order valence-corrected chi connectivity index (χ0v) is 13.1. The monoisotopic (exact) mass is 303 g/mol. The summed E-state index contributed by atoms with van der Waals surface area (Å²) in [5.41, 5.74) is 1.98. The summed E-state index contributed by atoms with van der Waals surface area (Å²) in [7, 11) is 2.08. The van der Waals surface area contributed by atoms with Crippen molar-refractivity contribution in [1.29, 1.82) is 0 Å². The third-order valence-corrected chi connectivity index (χ3v) is 5.02. The first-order valence-corrected chi connectivity index (χ1v) is 8.36. The molecule has 1 aliphatic rings. The zero-order valence-electron chi connectivity index (χ0n) is 12.3. The van der Waals surface area contributed by atoms with Crippen LogP contribution in [0.25, 0.3) is 10.7 Å². The molecule has 5 heteroatoms. The van der Waals surface area contributed by atoms with E-state index in [1.807, 2.05) is 18.2 Å². The number of pyridine rings is 1. The molecule has 1 fully saturated rings. The highest BCUT2D eigenvalue weighted by molar-refractivity contribution is 7.13. The second-order valence-corrected chi connectivity index (χ2v) is 6.55. The molecule has 2 atom stereocenters. The van der Waals surface area contributed by atoms with Gasteiger partial charge in [0.25, 0.3) is 0 Å². The molecule has 1 N–H and O–H groups in total. The van der Waals surface area contributed by atoms with E-state index in [0.29, 0.717) is 0 Å². The average molecular weight is 303 g/mol. The molecule has 2 heterocycles. The van der Waals surface area contributed by atoms with E-state index in [-0.39, 0.29) is 12.1 Å². The number of hydrogen-bond donors (Lipinski definition) is 1. The van der Waals surface area contributed by atoms with Gasteiger partial charge in [-0.1, -0.05) is 18.9 Å². The Kier molecular flexibility index (Phi) is 4.63. The second kappa shape index (κ2) is 6.64. The lowest BCUT2D eigenvalue weighted by atomic mass is 9.91. The van der Waals surface area contributed by atoms with Crippen molar-refractivity contribution in [2.75, 3.05) is 7.05 Å². The largest absolute Gasteiger partial charge is 0.391 e. The van der Waals surface area contributed by atoms with Crippen LogP contribution in [0.15, 0.2) is 29.8 Å². The van der Waals surface area contributed by atoms with E-state index in [4.69, 9.17) is 0 Å². The quantitative estimate of drug-likeness (QED) is 0.943. The minimum Gasteiger partial charge on any atom is -0.391 e. The molecule has 3 rings (SSSR count). The van der Waals surface area contributed by atoms with Gasteiger partial charge >= 0.3 is 0 Å². The molecule has 112 valence electrons. The van der Waals surface area contributed by atoms with E-state index < -0.39 is 0 Å². The standard InChI is InChI=1S/C16H21N3OS/c1-19(14-7-2-3-8-15(14)20)10-12-11-21-16(18-12)13-6-4-5-9-17-13/h4-6,9,11,14-15,20H,2-3,7-8,10H2,1H3. The maximum absolute atomic E-state index is 10.1. The van der Waals surface area contributed by atoms with Crippen molar-refractivity contribution in [2.24, 2.45) is 0 Å². The molecule has 0 bridgehead atoms. The van der Waals surface area contributed by atoms with E-state index in [0.717, 1.165) is 42.2 Å². The van der Waals surface area contributed by atoms with Crippen molar-refractivity contribution < 1.29 is 5.11 Å². The van der Waals surface area contributed by atoms with Crippen LogP contribution < -0.4 is 0 Å². The van der Waals surface area contributed by atoms with E-state index in [2.05, 4.69) is 27.3 Å². The molecule has 0 aromatic carbocycles. The van der Waals surface area contributed by atoms with Crippen molar-refractivity contribution in [3.8, 4) is 10.7 Å². The fourth-order valence-electron chi connectivity index (χ4n) is 2.97. The summed E-state index contributed by atoms with van der Waals surface area (Å²) < 4.78 is 0. The highest BCUT2D eigenvalue weighted by Crippen LogP contribution is 2.25. The van der Waals surface area contributed by atoms with Crippen molar-refractivity contribution in [1.82, 2.24) is 14.9 Å². The van der Waals surface area contributed by atoms with Crippen LogP contribution in [-0.4, -0.2) is 39.2 Å². The van der Waals surface area contributed by atoms with Crippen LogP contribution in [0.5, 0.6) is 0 Å². The fourth-order valence-corrected chi connectivity index (χ4v) is 3.75. The Labute approximate surface area is 129 Å². The summed E-state index contributed by atoms with van der Waals surface area (Å²) >= 11 is 1.63. The topological polar surface area (TPSA) is 49.2 Å². The van der Waals surface area contributed by atoms with Crippen LogP contribution in [0, 0.1) is 0 Å². The van der Waals surface area contributed by atoms with Gasteiger partial charge in [0.05, 0.1) is 17.5 Å². The summed E-state index contributed by atoms with van der Waals surface area (Å²) in [5.74, 6) is 0. The lowest BCUT2D eigenvalue weighted by Crippen LogP contribution is -2.42. The number of thiazole rings is 1. The predicted octanol–water partition coefficient (Wildman–Crippen LogP) is 2.94. The van der Waals surface area contributed by atoms with Crippen molar-refractivity contribution in [3.63, 3.8) is 0 Å². The molecule has 2 aromatic rings. The van der Waals surface area contributed by atoms with E-state index in [1.54, 1.807) is 17.5 Å². The van der Waals surface area contributed by atoms with Gasteiger partial charge in [-0.3, -0.25) is 9.88 Å². The number of rotatable bonds is 4. The van der Waals surface area contributed by atoms with Crippen molar-refractivity contribution in [3.05, 3.63) is 35.5 Å². The molecular weight excluding hydrogens is 282 g/mol. The Balaban J connectivity index is 1.67. The Morgan fingerprint density at radius 1 is 1.33 bits per heavy atom. The fraction of sp³-hybridized carbons (Fsp3) is 0.500. The first kappa shape index (κ1) is 14.6. The van der Waals surface area contributed by atoms with Crippen LogP contribution in [0.4, 0.5) is 0 Å². The molecule has 1 saturated carbocycles. The van der Waals surface area contributed by atoms with Gasteiger partial charge in [-0.2, -0.15) is 0 Å². The first-order chi connectivity index (χ1) is 10.2. The Hall–Kier alpha value is -1.30. The SMILES string of the molecule is CN(Cc1csc(-c2ccccn2)n1)C1CCCCC1O. The highest BCUT2D eigenvalue weighted by atomic mass is 32.1. The molecule has 0 amide bonds. The Morgan fingerprint density at radius 3 is 2.95 bits per heavy atom. The van der Waals surface area contributed by atoms with Gasteiger partial charge in [0.15, 0.2) is 0 Å². The highest BCUT2D eigenvalue weighted by Gasteiger charge is 2.26. The van der Waals surface area contributed by atoms with Crippen LogP contribution in [0.3, 0.4) is 0 Å². The smallest absolute Gasteiger partial charge is 0.142 e. The number of aliphatic hydroxyl groups is 1. The second-order valence-electron chi connectivity index (χ2n) is 5.69. The van der Waals surface area contributed by atoms with Crippen LogP contribution >= 0.6 is 11.3 Å². The van der Waals surface area contributed by atoms with Gasteiger partial charge in [0.1, 0.15) is 5.01 Å². The number of nitrogens with zero attached hydrogens (tertiary/aromatic N) is 3. The van der Waals surface area contributed by atoms with Crippen molar-refractivity contribution >= 4 is 11.3 Å². The van der Waals surface area contributed by atoms with Gasteiger partial charge in [-0.15, -0.1) is 11.3 Å². The molecule has 0 aliphatic heterocycles. The first-order valence-electron chi connectivity index (χ1n) is 7.48. The zero-order chi connectivity index (χ0) is 14.7. The third-order valence-electron chi connectivity index (χ3n) is 4.11. The molecule has 2 aromatic heterocycles. The molecule has 0 radical (unpaired) electrons. The molecule has 4 nitrogen and oxygen atoms in total. The average Bonchev–Trinajstić information content (AvgIpc) is 2.97. The summed E-state index contributed by atoms with van der Waals surface area (Å²) in [6.07, 6.45) is 5.95. The summed E-state index contributed by atoms with van der Waals surface area (Å²) in [6.45, 7) is 0.783. The Bertz CT molecular complexity index is 572. The van der Waals surface area contributed by atoms with Gasteiger partial charge < -0.3 is 5.11 Å². The van der Waals surface area contributed by atoms with Gasteiger partial charge in [0, 0.05) is 24.2 Å². The van der Waals surface area contributed by atoms with Gasteiger partial charge in [-0.05, 0) is 32.0 Å². The molecule has 1 aliphatic carbocycles. The molecular formula is C16H21N3OS. The maximum atomic E-state index is 10.1. The normalized spacial score (nSPS) is 22.6. The lowest BCUT2D eigenvalue weighted by Gasteiger charge is -2.34.